The van der Waals surface area contributed by atoms with Crippen molar-refractivity contribution >= 4 is 15.8 Å². The molecule has 0 saturated carbocycles. The van der Waals surface area contributed by atoms with Crippen LogP contribution in [0.2, 0.25) is 0 Å². The first-order valence-electron chi connectivity index (χ1n) is 7.40. The van der Waals surface area contributed by atoms with Crippen LogP contribution in [0.3, 0.4) is 0 Å². The van der Waals surface area contributed by atoms with Gasteiger partial charge in [-0.15, -0.1) is 0 Å². The minimum atomic E-state index is -2.84. The molecular weight excluding hydrogens is 276 g/mol. The lowest BCUT2D eigenvalue weighted by Gasteiger charge is -2.19. The monoisotopic (exact) mass is 304 g/mol. The molecule has 0 radical (unpaired) electrons. The molecule has 1 rings (SSSR count). The van der Waals surface area contributed by atoms with Gasteiger partial charge in [0.1, 0.15) is 0 Å². The van der Waals surface area contributed by atoms with E-state index in [1.165, 1.54) is 0 Å². The number of nitrogens with one attached hydrogen (secondary N) is 2. The van der Waals surface area contributed by atoms with Gasteiger partial charge < -0.3 is 15.5 Å². The van der Waals surface area contributed by atoms with E-state index >= 15 is 0 Å². The summed E-state index contributed by atoms with van der Waals surface area (Å²) in [7, 11) is -1.13. The molecule has 1 fully saturated rings. The second-order valence-corrected chi connectivity index (χ2v) is 7.35. The fraction of sp³-hybridized carbons (Fsp3) is 0.923. The van der Waals surface area contributed by atoms with Crippen LogP contribution in [-0.4, -0.2) is 70.1 Å². The Morgan fingerprint density at radius 2 is 2.05 bits per heavy atom. The molecule has 2 N–H and O–H groups in total. The Morgan fingerprint density at radius 3 is 2.55 bits per heavy atom. The molecule has 0 amide bonds. The maximum atomic E-state index is 11.4. The average molecular weight is 304 g/mol. The van der Waals surface area contributed by atoms with Gasteiger partial charge in [-0.3, -0.25) is 4.99 Å². The molecule has 1 aliphatic rings. The molecule has 6 nitrogen and oxygen atoms in total. The van der Waals surface area contributed by atoms with E-state index in [9.17, 15) is 8.42 Å². The summed E-state index contributed by atoms with van der Waals surface area (Å²) in [6.45, 7) is 8.38. The Bertz CT molecular complexity index is 405. The first-order valence-corrected chi connectivity index (χ1v) is 9.22. The molecule has 0 aromatic heterocycles. The first-order chi connectivity index (χ1) is 9.50. The van der Waals surface area contributed by atoms with Gasteiger partial charge in [0.2, 0.25) is 0 Å². The maximum absolute atomic E-state index is 11.4. The van der Waals surface area contributed by atoms with Gasteiger partial charge in [0.05, 0.1) is 11.5 Å². The fourth-order valence-corrected chi connectivity index (χ4v) is 4.02. The number of hydrogen-bond acceptors (Lipinski definition) is 4. The molecule has 118 valence electrons. The minimum absolute atomic E-state index is 0.00557. The van der Waals surface area contributed by atoms with Gasteiger partial charge in [-0.1, -0.05) is 13.8 Å². The van der Waals surface area contributed by atoms with Crippen LogP contribution in [0.5, 0.6) is 0 Å². The van der Waals surface area contributed by atoms with Crippen LogP contribution < -0.4 is 10.6 Å². The van der Waals surface area contributed by atoms with Gasteiger partial charge >= 0.3 is 0 Å². The minimum Gasteiger partial charge on any atom is -0.356 e. The summed E-state index contributed by atoms with van der Waals surface area (Å²) >= 11 is 0. The van der Waals surface area contributed by atoms with E-state index in [0.29, 0.717) is 12.4 Å². The molecule has 20 heavy (non-hydrogen) atoms. The lowest BCUT2D eigenvalue weighted by Crippen LogP contribution is -2.44. The molecular formula is C13H28N4O2S. The second kappa shape index (κ2) is 8.46. The van der Waals surface area contributed by atoms with Gasteiger partial charge in [-0.2, -0.15) is 0 Å². The molecule has 0 aliphatic carbocycles. The zero-order chi connectivity index (χ0) is 15.0. The zero-order valence-corrected chi connectivity index (χ0v) is 13.7. The Hall–Kier alpha value is -0.820. The predicted molar refractivity (Wildman–Crippen MR) is 84.0 cm³/mol. The van der Waals surface area contributed by atoms with Gasteiger partial charge in [-0.05, 0) is 32.5 Å². The van der Waals surface area contributed by atoms with E-state index in [0.717, 1.165) is 32.6 Å². The fourth-order valence-electron chi connectivity index (χ4n) is 2.35. The van der Waals surface area contributed by atoms with E-state index in [-0.39, 0.29) is 17.5 Å². The van der Waals surface area contributed by atoms with Crippen LogP contribution in [-0.2, 0) is 9.84 Å². The summed E-state index contributed by atoms with van der Waals surface area (Å²) in [5.41, 5.74) is 0. The quantitative estimate of drug-likeness (QED) is 0.396. The molecule has 1 aliphatic heterocycles. The number of guanidine groups is 1. The van der Waals surface area contributed by atoms with Gasteiger partial charge in [-0.25, -0.2) is 8.42 Å². The van der Waals surface area contributed by atoms with Crippen molar-refractivity contribution in [3.63, 3.8) is 0 Å². The lowest BCUT2D eigenvalue weighted by atomic mass is 10.3. The normalized spacial score (nSPS) is 22.2. The standard InChI is InChI=1S/C13H28N4O2S/c1-4-17(5-2)9-6-8-15-13(14-3)16-12-7-10-20(18,19)11-12/h12H,4-11H2,1-3H3,(H2,14,15,16). The van der Waals surface area contributed by atoms with Crippen LogP contribution in [0, 0.1) is 0 Å². The third-order valence-electron chi connectivity index (χ3n) is 3.63. The molecule has 1 saturated heterocycles. The van der Waals surface area contributed by atoms with Crippen LogP contribution in [0.15, 0.2) is 4.99 Å². The van der Waals surface area contributed by atoms with Crippen LogP contribution in [0.4, 0.5) is 0 Å². The first kappa shape index (κ1) is 17.2. The van der Waals surface area contributed by atoms with Crippen molar-refractivity contribution in [3.8, 4) is 0 Å². The Kier molecular flexibility index (Phi) is 7.29. The van der Waals surface area contributed by atoms with E-state index in [2.05, 4.69) is 34.4 Å². The van der Waals surface area contributed by atoms with Gasteiger partial charge in [0, 0.05) is 19.6 Å². The SMILES string of the molecule is CCN(CC)CCCNC(=NC)NC1CCS(=O)(=O)C1. The average Bonchev–Trinajstić information content (AvgIpc) is 2.76. The molecule has 0 spiro atoms. The largest absolute Gasteiger partial charge is 0.356 e. The van der Waals surface area contributed by atoms with Crippen molar-refractivity contribution in [1.82, 2.24) is 15.5 Å². The summed E-state index contributed by atoms with van der Waals surface area (Å²) in [5.74, 6) is 1.20. The van der Waals surface area contributed by atoms with E-state index in [1.54, 1.807) is 7.05 Å². The molecule has 0 bridgehead atoms. The summed E-state index contributed by atoms with van der Waals surface area (Å²) in [6.07, 6.45) is 1.72. The molecule has 1 atom stereocenters. The summed E-state index contributed by atoms with van der Waals surface area (Å²) in [5, 5.41) is 6.43. The number of nitrogens with zero attached hydrogens (tertiary/aromatic N) is 2. The number of aliphatic imine (C=N–C) groups is 1. The highest BCUT2D eigenvalue weighted by Gasteiger charge is 2.28. The summed E-state index contributed by atoms with van der Waals surface area (Å²) < 4.78 is 22.8. The van der Waals surface area contributed by atoms with Crippen molar-refractivity contribution in [2.75, 3.05) is 44.7 Å². The van der Waals surface area contributed by atoms with Crippen LogP contribution in [0.25, 0.3) is 0 Å². The number of hydrogen-bond donors (Lipinski definition) is 2. The van der Waals surface area contributed by atoms with E-state index in [4.69, 9.17) is 0 Å². The molecule has 1 unspecified atom stereocenters. The highest BCUT2D eigenvalue weighted by Crippen LogP contribution is 2.10. The smallest absolute Gasteiger partial charge is 0.191 e. The number of rotatable bonds is 7. The summed E-state index contributed by atoms with van der Waals surface area (Å²) in [4.78, 5) is 6.52. The summed E-state index contributed by atoms with van der Waals surface area (Å²) in [6, 6.07) is -0.00557. The van der Waals surface area contributed by atoms with Crippen LogP contribution >= 0.6 is 0 Å². The highest BCUT2D eigenvalue weighted by molar-refractivity contribution is 7.91. The Balaban J connectivity index is 2.24. The van der Waals surface area contributed by atoms with Crippen LogP contribution in [0.1, 0.15) is 26.7 Å². The topological polar surface area (TPSA) is 73.8 Å². The van der Waals surface area contributed by atoms with Gasteiger partial charge in [0.25, 0.3) is 0 Å². The lowest BCUT2D eigenvalue weighted by molar-refractivity contribution is 0.300. The molecule has 7 heteroatoms. The second-order valence-electron chi connectivity index (χ2n) is 5.12. The van der Waals surface area contributed by atoms with E-state index < -0.39 is 9.84 Å². The molecule has 0 aromatic rings. The van der Waals surface area contributed by atoms with Crippen molar-refractivity contribution < 1.29 is 8.42 Å². The van der Waals surface area contributed by atoms with Crippen molar-refractivity contribution in [1.29, 1.82) is 0 Å². The Labute approximate surface area is 122 Å². The Morgan fingerprint density at radius 1 is 1.35 bits per heavy atom. The molecule has 1 heterocycles. The molecule has 0 aromatic carbocycles. The van der Waals surface area contributed by atoms with E-state index in [1.807, 2.05) is 0 Å². The van der Waals surface area contributed by atoms with Crippen molar-refractivity contribution in [2.45, 2.75) is 32.7 Å². The zero-order valence-electron chi connectivity index (χ0n) is 12.9. The van der Waals surface area contributed by atoms with Gasteiger partial charge in [0.15, 0.2) is 15.8 Å². The highest BCUT2D eigenvalue weighted by atomic mass is 32.2. The predicted octanol–water partition coefficient (Wildman–Crippen LogP) is 0.0704. The third kappa shape index (κ3) is 6.09. The van der Waals surface area contributed by atoms with Crippen molar-refractivity contribution in [3.05, 3.63) is 0 Å². The third-order valence-corrected chi connectivity index (χ3v) is 5.40. The maximum Gasteiger partial charge on any atom is 0.191 e. The van der Waals surface area contributed by atoms with Crippen molar-refractivity contribution in [2.24, 2.45) is 4.99 Å². The number of sulfone groups is 1.